The predicted molar refractivity (Wildman–Crippen MR) is 74.6 cm³/mol. The van der Waals surface area contributed by atoms with Gasteiger partial charge in [-0.15, -0.1) is 0 Å². The van der Waals surface area contributed by atoms with Gasteiger partial charge in [-0.3, -0.25) is 14.6 Å². The van der Waals surface area contributed by atoms with E-state index in [0.717, 1.165) is 25.3 Å². The number of nitrogens with two attached hydrogens (primary N) is 1. The van der Waals surface area contributed by atoms with Gasteiger partial charge >= 0.3 is 5.69 Å². The molecule has 1 saturated carbocycles. The number of hydrogen-bond donors (Lipinski definition) is 3. The molecule has 0 saturated heterocycles. The summed E-state index contributed by atoms with van der Waals surface area (Å²) in [4.78, 5) is 41.2. The highest BCUT2D eigenvalue weighted by atomic mass is 16.2. The lowest BCUT2D eigenvalue weighted by Gasteiger charge is -2.31. The molecule has 2 unspecified atom stereocenters. The molecule has 2 atom stereocenters. The number of nitrogens with zero attached hydrogens (tertiary/aromatic N) is 1. The molecule has 1 heterocycles. The van der Waals surface area contributed by atoms with Crippen molar-refractivity contribution < 1.29 is 4.79 Å². The fourth-order valence-electron chi connectivity index (χ4n) is 2.97. The molecule has 1 fully saturated rings. The van der Waals surface area contributed by atoms with E-state index in [2.05, 4.69) is 9.97 Å². The van der Waals surface area contributed by atoms with E-state index >= 15 is 0 Å². The summed E-state index contributed by atoms with van der Waals surface area (Å²) in [6, 6.07) is 1.21. The van der Waals surface area contributed by atoms with E-state index in [-0.39, 0.29) is 23.6 Å². The molecule has 1 aromatic heterocycles. The van der Waals surface area contributed by atoms with Crippen molar-refractivity contribution in [2.75, 3.05) is 13.1 Å². The summed E-state index contributed by atoms with van der Waals surface area (Å²) in [5.74, 6) is -0.0336. The van der Waals surface area contributed by atoms with Crippen LogP contribution in [0.15, 0.2) is 15.7 Å². The smallest absolute Gasteiger partial charge is 0.326 e. The molecule has 1 aliphatic rings. The highest BCUT2D eigenvalue weighted by molar-refractivity contribution is 5.92. The number of carbonyl (C=O) groups is 1. The molecular formula is C13H20N4O3. The van der Waals surface area contributed by atoms with Gasteiger partial charge in [0.05, 0.1) is 0 Å². The minimum atomic E-state index is -0.668. The van der Waals surface area contributed by atoms with E-state index < -0.39 is 11.2 Å². The highest BCUT2D eigenvalue weighted by Crippen LogP contribution is 2.29. The number of amides is 1. The van der Waals surface area contributed by atoms with Crippen molar-refractivity contribution in [1.29, 1.82) is 0 Å². The Kier molecular flexibility index (Phi) is 4.39. The minimum Gasteiger partial charge on any atom is -0.334 e. The molecule has 7 nitrogen and oxygen atoms in total. The molecule has 0 aliphatic heterocycles. The second kappa shape index (κ2) is 6.04. The zero-order chi connectivity index (χ0) is 14.7. The Labute approximate surface area is 116 Å². The molecule has 110 valence electrons. The summed E-state index contributed by atoms with van der Waals surface area (Å²) in [5.41, 5.74) is 4.54. The van der Waals surface area contributed by atoms with Crippen LogP contribution in [0.4, 0.5) is 0 Å². The van der Waals surface area contributed by atoms with E-state index in [1.165, 1.54) is 0 Å². The first-order valence-electron chi connectivity index (χ1n) is 6.91. The van der Waals surface area contributed by atoms with Crippen molar-refractivity contribution in [3.63, 3.8) is 0 Å². The second-order valence-corrected chi connectivity index (χ2v) is 5.09. The number of nitrogens with one attached hydrogen (secondary N) is 2. The molecule has 1 aromatic rings. The molecule has 7 heteroatoms. The number of rotatable bonds is 4. The van der Waals surface area contributed by atoms with Crippen LogP contribution >= 0.6 is 0 Å². The van der Waals surface area contributed by atoms with Crippen LogP contribution in [0.5, 0.6) is 0 Å². The SMILES string of the molecule is CCN(C(=O)c1cc(=O)[nH]c(=O)[nH]1)C1CCCC1CN. The monoisotopic (exact) mass is 280 g/mol. The molecule has 0 radical (unpaired) electrons. The Bertz CT molecular complexity index is 564. The van der Waals surface area contributed by atoms with Crippen LogP contribution in [0, 0.1) is 5.92 Å². The largest absolute Gasteiger partial charge is 0.334 e. The van der Waals surface area contributed by atoms with Gasteiger partial charge in [0, 0.05) is 18.7 Å². The summed E-state index contributed by atoms with van der Waals surface area (Å²) in [5, 5.41) is 0. The maximum Gasteiger partial charge on any atom is 0.326 e. The van der Waals surface area contributed by atoms with E-state index in [0.29, 0.717) is 13.1 Å². The van der Waals surface area contributed by atoms with E-state index in [4.69, 9.17) is 5.73 Å². The van der Waals surface area contributed by atoms with Crippen molar-refractivity contribution >= 4 is 5.91 Å². The quantitative estimate of drug-likeness (QED) is 0.700. The van der Waals surface area contributed by atoms with Crippen LogP contribution in [-0.2, 0) is 0 Å². The van der Waals surface area contributed by atoms with E-state index in [1.807, 2.05) is 6.92 Å². The molecule has 2 rings (SSSR count). The molecule has 0 aromatic carbocycles. The number of H-pyrrole nitrogens is 2. The average Bonchev–Trinajstić information content (AvgIpc) is 2.86. The first kappa shape index (κ1) is 14.5. The summed E-state index contributed by atoms with van der Waals surface area (Å²) in [7, 11) is 0. The average molecular weight is 280 g/mol. The van der Waals surface area contributed by atoms with Gasteiger partial charge in [-0.05, 0) is 32.2 Å². The zero-order valence-electron chi connectivity index (χ0n) is 11.5. The Morgan fingerprint density at radius 2 is 2.15 bits per heavy atom. The van der Waals surface area contributed by atoms with Gasteiger partial charge in [-0.25, -0.2) is 4.79 Å². The molecule has 20 heavy (non-hydrogen) atoms. The summed E-state index contributed by atoms with van der Waals surface area (Å²) in [6.07, 6.45) is 2.97. The second-order valence-electron chi connectivity index (χ2n) is 5.09. The molecule has 0 spiro atoms. The lowest BCUT2D eigenvalue weighted by atomic mass is 10.0. The molecule has 1 amide bonds. The fraction of sp³-hybridized carbons (Fsp3) is 0.615. The number of hydrogen-bond acceptors (Lipinski definition) is 4. The lowest BCUT2D eigenvalue weighted by molar-refractivity contribution is 0.0645. The van der Waals surface area contributed by atoms with Crippen molar-refractivity contribution in [3.05, 3.63) is 32.6 Å². The Balaban J connectivity index is 2.29. The normalized spacial score (nSPS) is 21.9. The van der Waals surface area contributed by atoms with Crippen molar-refractivity contribution in [2.45, 2.75) is 32.2 Å². The van der Waals surface area contributed by atoms with Gasteiger partial charge in [-0.2, -0.15) is 0 Å². The molecule has 4 N–H and O–H groups in total. The summed E-state index contributed by atoms with van der Waals surface area (Å²) in [6.45, 7) is 2.95. The number of carbonyl (C=O) groups excluding carboxylic acids is 1. The van der Waals surface area contributed by atoms with E-state index in [9.17, 15) is 14.4 Å². The maximum atomic E-state index is 12.5. The number of aromatic nitrogens is 2. The van der Waals surface area contributed by atoms with Gasteiger partial charge in [-0.1, -0.05) is 6.42 Å². The zero-order valence-corrected chi connectivity index (χ0v) is 11.5. The van der Waals surface area contributed by atoms with Crippen LogP contribution < -0.4 is 17.0 Å². The minimum absolute atomic E-state index is 0.0308. The van der Waals surface area contributed by atoms with Gasteiger partial charge in [0.15, 0.2) is 0 Å². The van der Waals surface area contributed by atoms with Gasteiger partial charge in [0.1, 0.15) is 5.69 Å². The van der Waals surface area contributed by atoms with Crippen LogP contribution in [-0.4, -0.2) is 39.9 Å². The third-order valence-corrected chi connectivity index (χ3v) is 3.91. The number of aromatic amines is 2. The highest BCUT2D eigenvalue weighted by Gasteiger charge is 2.33. The van der Waals surface area contributed by atoms with Crippen LogP contribution in [0.2, 0.25) is 0 Å². The molecule has 0 bridgehead atoms. The third kappa shape index (κ3) is 2.82. The standard InChI is InChI=1S/C13H20N4O3/c1-2-17(10-5-3-4-8(10)7-14)12(19)9-6-11(18)16-13(20)15-9/h6,8,10H,2-5,7,14H2,1H3,(H2,15,16,18,20). The van der Waals surface area contributed by atoms with Crippen LogP contribution in [0.25, 0.3) is 0 Å². The Hall–Kier alpha value is -1.89. The maximum absolute atomic E-state index is 12.5. The topological polar surface area (TPSA) is 112 Å². The van der Waals surface area contributed by atoms with Gasteiger partial charge < -0.3 is 15.6 Å². The summed E-state index contributed by atoms with van der Waals surface area (Å²) < 4.78 is 0. The summed E-state index contributed by atoms with van der Waals surface area (Å²) >= 11 is 0. The molecular weight excluding hydrogens is 260 g/mol. The van der Waals surface area contributed by atoms with Crippen LogP contribution in [0.1, 0.15) is 36.7 Å². The lowest BCUT2D eigenvalue weighted by Crippen LogP contribution is -2.45. The third-order valence-electron chi connectivity index (χ3n) is 3.91. The molecule has 1 aliphatic carbocycles. The van der Waals surface area contributed by atoms with Crippen molar-refractivity contribution in [3.8, 4) is 0 Å². The fourth-order valence-corrected chi connectivity index (χ4v) is 2.97. The predicted octanol–water partition coefficient (Wildman–Crippen LogP) is -0.347. The Morgan fingerprint density at radius 1 is 1.40 bits per heavy atom. The Morgan fingerprint density at radius 3 is 2.75 bits per heavy atom. The van der Waals surface area contributed by atoms with Gasteiger partial charge in [0.25, 0.3) is 11.5 Å². The first-order chi connectivity index (χ1) is 9.56. The van der Waals surface area contributed by atoms with E-state index in [1.54, 1.807) is 4.90 Å². The van der Waals surface area contributed by atoms with Crippen molar-refractivity contribution in [2.24, 2.45) is 11.7 Å². The van der Waals surface area contributed by atoms with Crippen molar-refractivity contribution in [1.82, 2.24) is 14.9 Å². The first-order valence-corrected chi connectivity index (χ1v) is 6.91. The van der Waals surface area contributed by atoms with Crippen LogP contribution in [0.3, 0.4) is 0 Å². The van der Waals surface area contributed by atoms with Gasteiger partial charge in [0.2, 0.25) is 0 Å².